The van der Waals surface area contributed by atoms with E-state index in [0.717, 1.165) is 4.43 Å². The van der Waals surface area contributed by atoms with Crippen LogP contribution in [0, 0.1) is 13.8 Å². The summed E-state index contributed by atoms with van der Waals surface area (Å²) in [6.45, 7) is 3.80. The number of sulfonamides is 1. The molecule has 14 heavy (non-hydrogen) atoms. The highest BCUT2D eigenvalue weighted by Gasteiger charge is 2.21. The third-order valence-electron chi connectivity index (χ3n) is 1.72. The first-order valence-corrected chi connectivity index (χ1v) is 7.07. The van der Waals surface area contributed by atoms with E-state index in [1.165, 1.54) is 0 Å². The van der Waals surface area contributed by atoms with E-state index in [1.807, 2.05) is 0 Å². The molecule has 1 aromatic heterocycles. The Hall–Kier alpha value is -0.150. The molecule has 2 N–H and O–H groups in total. The lowest BCUT2D eigenvalue weighted by atomic mass is 10.4. The highest BCUT2D eigenvalue weighted by Crippen LogP contribution is 2.15. The van der Waals surface area contributed by atoms with Crippen molar-refractivity contribution in [3.05, 3.63) is 11.4 Å². The van der Waals surface area contributed by atoms with Crippen LogP contribution in [-0.4, -0.2) is 29.6 Å². The molecule has 80 valence electrons. The SMILES string of the molecule is Cc1n[nH]c(C)c1S(=O)(=O)NCCI. The number of aromatic amines is 1. The van der Waals surface area contributed by atoms with Gasteiger partial charge in [-0.25, -0.2) is 13.1 Å². The molecule has 0 aliphatic carbocycles. The van der Waals surface area contributed by atoms with Crippen molar-refractivity contribution >= 4 is 32.6 Å². The van der Waals surface area contributed by atoms with Crippen LogP contribution in [0.3, 0.4) is 0 Å². The number of aromatic nitrogens is 2. The van der Waals surface area contributed by atoms with Crippen molar-refractivity contribution in [3.8, 4) is 0 Å². The number of aryl methyl sites for hydroxylation is 2. The van der Waals surface area contributed by atoms with Gasteiger partial charge in [0, 0.05) is 11.0 Å². The van der Waals surface area contributed by atoms with E-state index in [1.54, 1.807) is 13.8 Å². The maximum absolute atomic E-state index is 11.7. The van der Waals surface area contributed by atoms with Gasteiger partial charge in [0.15, 0.2) is 0 Å². The molecule has 1 heterocycles. The number of H-pyrrole nitrogens is 1. The van der Waals surface area contributed by atoms with Crippen molar-refractivity contribution in [2.45, 2.75) is 18.7 Å². The zero-order chi connectivity index (χ0) is 10.8. The molecule has 0 saturated heterocycles. The number of halogens is 1. The second-order valence-electron chi connectivity index (χ2n) is 2.85. The van der Waals surface area contributed by atoms with Gasteiger partial charge in [-0.15, -0.1) is 0 Å². The molecule has 0 fully saturated rings. The molecular weight excluding hydrogens is 317 g/mol. The van der Waals surface area contributed by atoms with E-state index >= 15 is 0 Å². The maximum atomic E-state index is 11.7. The fourth-order valence-corrected chi connectivity index (χ4v) is 3.22. The topological polar surface area (TPSA) is 74.8 Å². The lowest BCUT2D eigenvalue weighted by Crippen LogP contribution is -2.26. The van der Waals surface area contributed by atoms with Crippen molar-refractivity contribution in [3.63, 3.8) is 0 Å². The number of nitrogens with zero attached hydrogens (tertiary/aromatic N) is 1. The molecule has 0 amide bonds. The smallest absolute Gasteiger partial charge is 0.244 e. The molecular formula is C7H12IN3O2S. The van der Waals surface area contributed by atoms with Crippen LogP contribution >= 0.6 is 22.6 Å². The Balaban J connectivity index is 3.04. The predicted octanol–water partition coefficient (Wildman–Crippen LogP) is 0.740. The molecule has 5 nitrogen and oxygen atoms in total. The molecule has 0 spiro atoms. The van der Waals surface area contributed by atoms with Gasteiger partial charge >= 0.3 is 0 Å². The third kappa shape index (κ3) is 2.45. The van der Waals surface area contributed by atoms with Crippen LogP contribution < -0.4 is 4.72 Å². The lowest BCUT2D eigenvalue weighted by molar-refractivity contribution is 0.583. The van der Waals surface area contributed by atoms with E-state index in [9.17, 15) is 8.42 Å². The minimum atomic E-state index is -3.39. The van der Waals surface area contributed by atoms with Crippen LogP contribution in [-0.2, 0) is 10.0 Å². The van der Waals surface area contributed by atoms with Crippen LogP contribution in [0.2, 0.25) is 0 Å². The van der Waals surface area contributed by atoms with Crippen LogP contribution in [0.5, 0.6) is 0 Å². The highest BCUT2D eigenvalue weighted by molar-refractivity contribution is 14.1. The first-order chi connectivity index (χ1) is 6.49. The van der Waals surface area contributed by atoms with Crippen molar-refractivity contribution in [1.82, 2.24) is 14.9 Å². The van der Waals surface area contributed by atoms with Gasteiger partial charge in [-0.1, -0.05) is 22.6 Å². The standard InChI is InChI=1S/C7H12IN3O2S/c1-5-7(6(2)11-10-5)14(12,13)9-4-3-8/h9H,3-4H2,1-2H3,(H,10,11). The summed E-state index contributed by atoms with van der Waals surface area (Å²) in [5.74, 6) is 0. The van der Waals surface area contributed by atoms with Crippen molar-refractivity contribution < 1.29 is 8.42 Å². The largest absolute Gasteiger partial charge is 0.281 e. The van der Waals surface area contributed by atoms with E-state index in [-0.39, 0.29) is 4.90 Å². The molecule has 0 atom stereocenters. The first kappa shape index (κ1) is 11.9. The molecule has 7 heteroatoms. The summed E-state index contributed by atoms with van der Waals surface area (Å²) < 4.78 is 26.7. The average Bonchev–Trinajstić information content (AvgIpc) is 2.43. The zero-order valence-corrected chi connectivity index (χ0v) is 10.9. The number of hydrogen-bond acceptors (Lipinski definition) is 3. The number of hydrogen-bond donors (Lipinski definition) is 2. The van der Waals surface area contributed by atoms with Gasteiger partial charge in [0.25, 0.3) is 0 Å². The Morgan fingerprint density at radius 3 is 2.57 bits per heavy atom. The van der Waals surface area contributed by atoms with Gasteiger partial charge in [-0.05, 0) is 13.8 Å². The minimum absolute atomic E-state index is 0.266. The Labute approximate surface area is 96.9 Å². The van der Waals surface area contributed by atoms with Crippen LogP contribution in [0.15, 0.2) is 4.90 Å². The van der Waals surface area contributed by atoms with Crippen LogP contribution in [0.1, 0.15) is 11.4 Å². The van der Waals surface area contributed by atoms with Gasteiger partial charge in [0.1, 0.15) is 4.90 Å². The summed E-state index contributed by atoms with van der Waals surface area (Å²) in [4.78, 5) is 0.266. The van der Waals surface area contributed by atoms with Crippen LogP contribution in [0.25, 0.3) is 0 Å². The molecule has 0 radical (unpaired) electrons. The number of rotatable bonds is 4. The van der Waals surface area contributed by atoms with E-state index in [2.05, 4.69) is 37.5 Å². The van der Waals surface area contributed by atoms with Crippen molar-refractivity contribution in [1.29, 1.82) is 0 Å². The molecule has 0 aliphatic rings. The third-order valence-corrected chi connectivity index (χ3v) is 3.98. The summed E-state index contributed by atoms with van der Waals surface area (Å²) in [6.07, 6.45) is 0. The summed E-state index contributed by atoms with van der Waals surface area (Å²) in [7, 11) is -3.39. The lowest BCUT2D eigenvalue weighted by Gasteiger charge is -2.04. The predicted molar refractivity (Wildman–Crippen MR) is 62.1 cm³/mol. The van der Waals surface area contributed by atoms with Crippen molar-refractivity contribution in [2.24, 2.45) is 0 Å². The normalized spacial score (nSPS) is 11.9. The summed E-state index contributed by atoms with van der Waals surface area (Å²) in [5, 5.41) is 6.49. The molecule has 0 bridgehead atoms. The van der Waals surface area contributed by atoms with Gasteiger partial charge in [-0.3, -0.25) is 5.10 Å². The Morgan fingerprint density at radius 2 is 2.14 bits per heavy atom. The first-order valence-electron chi connectivity index (χ1n) is 4.06. The average molecular weight is 329 g/mol. The summed E-state index contributed by atoms with van der Waals surface area (Å²) in [6, 6.07) is 0. The van der Waals surface area contributed by atoms with E-state index in [0.29, 0.717) is 17.9 Å². The quantitative estimate of drug-likeness (QED) is 0.632. The van der Waals surface area contributed by atoms with Gasteiger partial charge in [-0.2, -0.15) is 5.10 Å². The zero-order valence-electron chi connectivity index (χ0n) is 7.96. The summed E-state index contributed by atoms with van der Waals surface area (Å²) in [5.41, 5.74) is 1.08. The van der Waals surface area contributed by atoms with E-state index < -0.39 is 10.0 Å². The van der Waals surface area contributed by atoms with Gasteiger partial charge in [0.2, 0.25) is 10.0 Å². The fourth-order valence-electron chi connectivity index (χ4n) is 1.18. The molecule has 0 aromatic carbocycles. The Kier molecular flexibility index (Phi) is 3.90. The van der Waals surface area contributed by atoms with E-state index in [4.69, 9.17) is 0 Å². The van der Waals surface area contributed by atoms with Crippen molar-refractivity contribution in [2.75, 3.05) is 11.0 Å². The Bertz CT molecular complexity index is 393. The molecule has 0 saturated carbocycles. The minimum Gasteiger partial charge on any atom is -0.281 e. The molecule has 0 unspecified atom stereocenters. The Morgan fingerprint density at radius 1 is 1.50 bits per heavy atom. The summed E-state index contributed by atoms with van der Waals surface area (Å²) >= 11 is 2.11. The second-order valence-corrected chi connectivity index (χ2v) is 5.63. The fraction of sp³-hybridized carbons (Fsp3) is 0.571. The van der Waals surface area contributed by atoms with Gasteiger partial charge in [0.05, 0.1) is 11.4 Å². The highest BCUT2D eigenvalue weighted by atomic mass is 127. The monoisotopic (exact) mass is 329 g/mol. The number of nitrogens with one attached hydrogen (secondary N) is 2. The molecule has 1 rings (SSSR count). The van der Waals surface area contributed by atoms with Gasteiger partial charge < -0.3 is 0 Å². The second kappa shape index (κ2) is 4.58. The number of alkyl halides is 1. The molecule has 1 aromatic rings. The van der Waals surface area contributed by atoms with Crippen LogP contribution in [0.4, 0.5) is 0 Å². The maximum Gasteiger partial charge on any atom is 0.244 e. The molecule has 0 aliphatic heterocycles.